The van der Waals surface area contributed by atoms with Crippen molar-refractivity contribution >= 4 is 32.7 Å². The van der Waals surface area contributed by atoms with Crippen molar-refractivity contribution in [2.24, 2.45) is 0 Å². The third-order valence-corrected chi connectivity index (χ3v) is 10.5. The number of fused-ring (bicyclic) bond motifs is 1. The van der Waals surface area contributed by atoms with E-state index in [1.54, 1.807) is 17.8 Å². The highest BCUT2D eigenvalue weighted by molar-refractivity contribution is 7.52. The zero-order chi connectivity index (χ0) is 31.8. The maximum atomic E-state index is 14.3. The quantitative estimate of drug-likeness (QED) is 0.0622. The molecule has 0 saturated carbocycles. The fourth-order valence-electron chi connectivity index (χ4n) is 5.09. The minimum absolute atomic E-state index is 0.00751. The van der Waals surface area contributed by atoms with Gasteiger partial charge in [-0.15, -0.1) is 0 Å². The van der Waals surface area contributed by atoms with E-state index in [1.807, 2.05) is 0 Å². The second kappa shape index (κ2) is 19.1. The summed E-state index contributed by atoms with van der Waals surface area (Å²) in [5, 5.41) is 0. The first-order valence-corrected chi connectivity index (χ1v) is 21.6. The summed E-state index contributed by atoms with van der Waals surface area (Å²) < 4.78 is 53.1. The Bertz CT molecular complexity index is 1100. The van der Waals surface area contributed by atoms with Gasteiger partial charge in [0.2, 0.25) is 5.92 Å². The van der Waals surface area contributed by atoms with Crippen molar-refractivity contribution in [1.82, 2.24) is 19.5 Å². The number of alkyl halides is 2. The Balaban J connectivity index is 1.45. The predicted molar refractivity (Wildman–Crippen MR) is 173 cm³/mol. The molecule has 0 aliphatic carbocycles. The number of hydrogen-bond acceptors (Lipinski definition) is 7. The predicted octanol–water partition coefficient (Wildman–Crippen LogP) is 8.80. The van der Waals surface area contributed by atoms with Gasteiger partial charge in [0.1, 0.15) is 18.2 Å². The minimum atomic E-state index is -4.07. The second-order valence-corrected chi connectivity index (χ2v) is 20.6. The summed E-state index contributed by atoms with van der Waals surface area (Å²) in [6.45, 7) is 9.15. The number of imidazole rings is 1. The number of nitrogens with two attached hydrogens (primary N) is 1. The molecular formula is C30H56F2N5O4PSi. The SMILES string of the molecule is C[C@H](Cn1cnc2c(N)ncnc21)OCP(=O)(O)OCCCC(F)(F)CCCCCCCCCCCCCC[Si](C)(C)C. The summed E-state index contributed by atoms with van der Waals surface area (Å²) in [5.74, 6) is -2.52. The van der Waals surface area contributed by atoms with Gasteiger partial charge >= 0.3 is 7.60 Å². The number of rotatable bonds is 25. The molecule has 0 aliphatic heterocycles. The molecule has 0 bridgehead atoms. The molecule has 0 fully saturated rings. The smallest absolute Gasteiger partial charge is 0.353 e. The van der Waals surface area contributed by atoms with Crippen LogP contribution in [0.25, 0.3) is 11.2 Å². The summed E-state index contributed by atoms with van der Waals surface area (Å²) >= 11 is 0. The number of nitrogen functional groups attached to an aromatic ring is 1. The van der Waals surface area contributed by atoms with Gasteiger partial charge in [-0.2, -0.15) is 0 Å². The molecule has 2 rings (SSSR count). The van der Waals surface area contributed by atoms with Crippen LogP contribution >= 0.6 is 7.60 Å². The molecule has 2 heterocycles. The summed E-state index contributed by atoms with van der Waals surface area (Å²) in [7, 11) is -4.94. The summed E-state index contributed by atoms with van der Waals surface area (Å²) in [6, 6.07) is 1.44. The highest BCUT2D eigenvalue weighted by Crippen LogP contribution is 2.42. The van der Waals surface area contributed by atoms with Crippen molar-refractivity contribution in [2.45, 2.75) is 147 Å². The number of aromatic nitrogens is 4. The maximum Gasteiger partial charge on any atom is 0.353 e. The molecular weight excluding hydrogens is 591 g/mol. The molecule has 0 aromatic carbocycles. The minimum Gasteiger partial charge on any atom is -0.382 e. The van der Waals surface area contributed by atoms with Crippen molar-refractivity contribution in [1.29, 1.82) is 0 Å². The van der Waals surface area contributed by atoms with Gasteiger partial charge in [-0.25, -0.2) is 23.7 Å². The molecule has 3 N–H and O–H groups in total. The Hall–Kier alpha value is -1.46. The average Bonchev–Trinajstić information content (AvgIpc) is 3.33. The molecule has 0 amide bonds. The Morgan fingerprint density at radius 1 is 0.930 bits per heavy atom. The average molecular weight is 648 g/mol. The highest BCUT2D eigenvalue weighted by Gasteiger charge is 2.28. The lowest BCUT2D eigenvalue weighted by Crippen LogP contribution is -2.18. The van der Waals surface area contributed by atoms with Gasteiger partial charge < -0.3 is 24.5 Å². The summed E-state index contributed by atoms with van der Waals surface area (Å²) in [5.41, 5.74) is 6.79. The number of anilines is 1. The summed E-state index contributed by atoms with van der Waals surface area (Å²) in [6.07, 6.45) is 15.3. The Labute approximate surface area is 258 Å². The lowest BCUT2D eigenvalue weighted by atomic mass is 10.0. The number of nitrogens with zero attached hydrogens (tertiary/aromatic N) is 4. The molecule has 0 spiro atoms. The first-order valence-electron chi connectivity index (χ1n) is 16.2. The van der Waals surface area contributed by atoms with Crippen LogP contribution in [-0.4, -0.2) is 57.5 Å². The first kappa shape index (κ1) is 37.7. The number of ether oxygens (including phenoxy) is 1. The van der Waals surface area contributed by atoms with Gasteiger partial charge in [0.25, 0.3) is 0 Å². The van der Waals surface area contributed by atoms with Gasteiger partial charge in [0, 0.05) is 20.9 Å². The standard InChI is InChI=1S/C30H56F2N5O4PSi/c1-26(22-37-24-36-27-28(33)34-23-35-29(27)37)40-25-42(38,39)41-20-17-19-30(31,32)18-15-13-11-9-7-5-6-8-10-12-14-16-21-43(2,3)4/h23-24,26H,5-22,25H2,1-4H3,(H,38,39)(H2,33,34,35)/t26-/m1/s1. The summed E-state index contributed by atoms with van der Waals surface area (Å²) in [4.78, 5) is 22.3. The monoisotopic (exact) mass is 647 g/mol. The maximum absolute atomic E-state index is 14.3. The number of hydrogen-bond donors (Lipinski definition) is 2. The molecule has 2 atom stereocenters. The van der Waals surface area contributed by atoms with E-state index in [0.29, 0.717) is 24.1 Å². The molecule has 2 aromatic heterocycles. The van der Waals surface area contributed by atoms with Crippen molar-refractivity contribution in [3.05, 3.63) is 12.7 Å². The largest absolute Gasteiger partial charge is 0.382 e. The zero-order valence-electron chi connectivity index (χ0n) is 26.9. The van der Waals surface area contributed by atoms with Crippen molar-refractivity contribution in [2.75, 3.05) is 18.7 Å². The van der Waals surface area contributed by atoms with E-state index in [4.69, 9.17) is 15.0 Å². The van der Waals surface area contributed by atoms with Crippen LogP contribution in [0.5, 0.6) is 0 Å². The van der Waals surface area contributed by atoms with Crippen LogP contribution in [0.2, 0.25) is 25.7 Å². The second-order valence-electron chi connectivity index (χ2n) is 13.2. The van der Waals surface area contributed by atoms with E-state index in [9.17, 15) is 18.2 Å². The normalized spacial score (nSPS) is 14.8. The van der Waals surface area contributed by atoms with Crippen LogP contribution in [0.15, 0.2) is 12.7 Å². The van der Waals surface area contributed by atoms with Crippen LogP contribution in [0.4, 0.5) is 14.6 Å². The van der Waals surface area contributed by atoms with Gasteiger partial charge in [-0.3, -0.25) is 4.57 Å². The van der Waals surface area contributed by atoms with E-state index in [-0.39, 0.29) is 31.7 Å². The Morgan fingerprint density at radius 3 is 2.09 bits per heavy atom. The molecule has 0 saturated heterocycles. The molecule has 9 nitrogen and oxygen atoms in total. The van der Waals surface area contributed by atoms with Crippen molar-refractivity contribution in [3.63, 3.8) is 0 Å². The van der Waals surface area contributed by atoms with E-state index in [0.717, 1.165) is 19.3 Å². The topological polar surface area (TPSA) is 125 Å². The van der Waals surface area contributed by atoms with E-state index < -0.39 is 34.0 Å². The Morgan fingerprint density at radius 2 is 1.49 bits per heavy atom. The molecule has 0 aliphatic rings. The fourth-order valence-corrected chi connectivity index (χ4v) is 7.33. The van der Waals surface area contributed by atoms with Crippen LogP contribution < -0.4 is 5.73 Å². The molecule has 0 radical (unpaired) electrons. The van der Waals surface area contributed by atoms with E-state index in [2.05, 4.69) is 34.6 Å². The lowest BCUT2D eigenvalue weighted by molar-refractivity contribution is -0.0233. The van der Waals surface area contributed by atoms with Gasteiger partial charge in [0.15, 0.2) is 11.5 Å². The van der Waals surface area contributed by atoms with E-state index >= 15 is 0 Å². The van der Waals surface area contributed by atoms with Crippen LogP contribution in [0, 0.1) is 0 Å². The fraction of sp³-hybridized carbons (Fsp3) is 0.833. The van der Waals surface area contributed by atoms with Gasteiger partial charge in [-0.05, 0) is 19.8 Å². The van der Waals surface area contributed by atoms with Crippen molar-refractivity contribution in [3.8, 4) is 0 Å². The number of unbranched alkanes of at least 4 members (excludes halogenated alkanes) is 11. The third-order valence-electron chi connectivity index (χ3n) is 7.60. The van der Waals surface area contributed by atoms with Crippen LogP contribution in [-0.2, 0) is 20.4 Å². The van der Waals surface area contributed by atoms with Crippen molar-refractivity contribution < 1.29 is 27.5 Å². The molecule has 248 valence electrons. The molecule has 2 aromatic rings. The van der Waals surface area contributed by atoms with Gasteiger partial charge in [0.05, 0.1) is 25.6 Å². The highest BCUT2D eigenvalue weighted by atomic mass is 31.2. The number of halogens is 2. The Kier molecular flexibility index (Phi) is 16.8. The molecule has 1 unspecified atom stereocenters. The van der Waals surface area contributed by atoms with E-state index in [1.165, 1.54) is 63.7 Å². The third kappa shape index (κ3) is 17.0. The van der Waals surface area contributed by atoms with Gasteiger partial charge in [-0.1, -0.05) is 96.3 Å². The zero-order valence-corrected chi connectivity index (χ0v) is 28.8. The lowest BCUT2D eigenvalue weighted by Gasteiger charge is -2.19. The first-order chi connectivity index (χ1) is 20.3. The van der Waals surface area contributed by atoms with Crippen LogP contribution in [0.3, 0.4) is 0 Å². The molecule has 13 heteroatoms. The molecule has 43 heavy (non-hydrogen) atoms. The van der Waals surface area contributed by atoms with Crippen LogP contribution in [0.1, 0.15) is 103 Å².